The quantitative estimate of drug-likeness (QED) is 0.168. The maximum Gasteiger partial charge on any atom is 0.237 e. The van der Waals surface area contributed by atoms with Crippen molar-refractivity contribution in [1.29, 1.82) is 0 Å². The molecule has 4 aromatic heterocycles. The second kappa shape index (κ2) is 14.0. The topological polar surface area (TPSA) is 40.6 Å². The van der Waals surface area contributed by atoms with Crippen LogP contribution in [0, 0.1) is 0 Å². The van der Waals surface area contributed by atoms with Gasteiger partial charge >= 0.3 is 0 Å². The van der Waals surface area contributed by atoms with Crippen LogP contribution in [0.1, 0.15) is 0 Å². The molecule has 294 valence electrons. The van der Waals surface area contributed by atoms with E-state index >= 15 is 0 Å². The van der Waals surface area contributed by atoms with Gasteiger partial charge in [0.15, 0.2) is 5.65 Å². The van der Waals surface area contributed by atoms with Crippen LogP contribution in [0.15, 0.2) is 224 Å². The van der Waals surface area contributed by atoms with Crippen molar-refractivity contribution < 1.29 is 0 Å². The summed E-state index contributed by atoms with van der Waals surface area (Å²) in [5.41, 5.74) is 13.9. The van der Waals surface area contributed by atoms with Crippen molar-refractivity contribution >= 4 is 65.4 Å². The Kier molecular flexibility index (Phi) is 7.84. The molecule has 13 aromatic rings. The first kappa shape index (κ1) is 35.2. The second-order valence-electron chi connectivity index (χ2n) is 16.2. The van der Waals surface area contributed by atoms with Crippen molar-refractivity contribution in [3.05, 3.63) is 224 Å². The van der Waals surface area contributed by atoms with E-state index in [0.29, 0.717) is 5.95 Å². The van der Waals surface area contributed by atoms with E-state index < -0.39 is 0 Å². The molecule has 0 atom stereocenters. The standard InChI is InChI=1S/C58H37N5/c1-5-18-39(19-6-1)54-37-49-56(40-20-7-2-8-21-40)59-58(60-57(49)62(54)44-24-11-4-12-25-44)63-52-33-31-42(36-48(52)55-45-26-14-13-17-38(45)29-34-53(55)63)41-30-32-51-47(35-41)46-27-15-16-28-50(46)61(51)43-22-9-3-10-23-43/h1-37H. The lowest BCUT2D eigenvalue weighted by Gasteiger charge is -2.13. The van der Waals surface area contributed by atoms with Crippen LogP contribution in [-0.4, -0.2) is 23.7 Å². The van der Waals surface area contributed by atoms with Gasteiger partial charge in [0.25, 0.3) is 0 Å². The highest BCUT2D eigenvalue weighted by Gasteiger charge is 2.24. The zero-order valence-electron chi connectivity index (χ0n) is 34.1. The normalized spacial score (nSPS) is 11.8. The average molecular weight is 804 g/mol. The number of para-hydroxylation sites is 3. The molecule has 0 saturated carbocycles. The van der Waals surface area contributed by atoms with Gasteiger partial charge in [-0.2, -0.15) is 4.98 Å². The van der Waals surface area contributed by atoms with Crippen LogP contribution in [0.2, 0.25) is 0 Å². The number of nitrogens with zero attached hydrogens (tertiary/aromatic N) is 5. The van der Waals surface area contributed by atoms with Gasteiger partial charge in [-0.25, -0.2) is 4.98 Å². The Balaban J connectivity index is 1.09. The SMILES string of the molecule is c1ccc(-c2nc(-n3c4ccc(-c5ccc6c(c5)c5ccccc5n6-c5ccccc5)cc4c4c5ccccc5ccc43)nc3c2cc(-c2ccccc2)n3-c2ccccc2)cc1. The Bertz CT molecular complexity index is 3880. The lowest BCUT2D eigenvalue weighted by atomic mass is 9.99. The minimum absolute atomic E-state index is 0.620. The van der Waals surface area contributed by atoms with E-state index in [9.17, 15) is 0 Å². The second-order valence-corrected chi connectivity index (χ2v) is 16.2. The van der Waals surface area contributed by atoms with Crippen LogP contribution >= 0.6 is 0 Å². The van der Waals surface area contributed by atoms with Crippen LogP contribution in [0.25, 0.3) is 116 Å². The van der Waals surface area contributed by atoms with E-state index in [0.717, 1.165) is 66.9 Å². The molecule has 0 saturated heterocycles. The molecule has 9 aromatic carbocycles. The third kappa shape index (κ3) is 5.50. The molecule has 0 fully saturated rings. The zero-order chi connectivity index (χ0) is 41.4. The van der Waals surface area contributed by atoms with E-state index in [4.69, 9.17) is 9.97 Å². The van der Waals surface area contributed by atoms with Crippen molar-refractivity contribution in [3.63, 3.8) is 0 Å². The Labute approximate surface area is 363 Å². The summed E-state index contributed by atoms with van der Waals surface area (Å²) >= 11 is 0. The molecule has 0 aliphatic carbocycles. The van der Waals surface area contributed by atoms with E-state index in [1.165, 1.54) is 43.5 Å². The van der Waals surface area contributed by atoms with Crippen molar-refractivity contribution in [3.8, 4) is 51.0 Å². The van der Waals surface area contributed by atoms with Gasteiger partial charge in [0.1, 0.15) is 0 Å². The molecule has 0 amide bonds. The highest BCUT2D eigenvalue weighted by molar-refractivity contribution is 6.22. The van der Waals surface area contributed by atoms with Gasteiger partial charge in [0.05, 0.1) is 33.5 Å². The first-order valence-corrected chi connectivity index (χ1v) is 21.4. The van der Waals surface area contributed by atoms with Gasteiger partial charge < -0.3 is 4.57 Å². The molecule has 5 nitrogen and oxygen atoms in total. The molecular weight excluding hydrogens is 767 g/mol. The van der Waals surface area contributed by atoms with E-state index in [1.807, 2.05) is 0 Å². The fourth-order valence-corrected chi connectivity index (χ4v) is 9.83. The summed E-state index contributed by atoms with van der Waals surface area (Å²) in [5, 5.41) is 8.17. The number of aromatic nitrogens is 5. The minimum atomic E-state index is 0.620. The van der Waals surface area contributed by atoms with Gasteiger partial charge in [-0.15, -0.1) is 0 Å². The minimum Gasteiger partial charge on any atom is -0.309 e. The predicted molar refractivity (Wildman–Crippen MR) is 261 cm³/mol. The zero-order valence-corrected chi connectivity index (χ0v) is 34.1. The molecule has 0 bridgehead atoms. The third-order valence-electron chi connectivity index (χ3n) is 12.7. The van der Waals surface area contributed by atoms with Crippen LogP contribution in [0.4, 0.5) is 0 Å². The molecular formula is C58H37N5. The summed E-state index contributed by atoms with van der Waals surface area (Å²) in [6, 6.07) is 80.2. The smallest absolute Gasteiger partial charge is 0.237 e. The lowest BCUT2D eigenvalue weighted by Crippen LogP contribution is -2.05. The van der Waals surface area contributed by atoms with Crippen LogP contribution in [0.5, 0.6) is 0 Å². The third-order valence-corrected chi connectivity index (χ3v) is 12.7. The van der Waals surface area contributed by atoms with Crippen LogP contribution in [0.3, 0.4) is 0 Å². The number of benzene rings is 9. The fourth-order valence-electron chi connectivity index (χ4n) is 9.83. The average Bonchev–Trinajstić information content (AvgIpc) is 4.02. The summed E-state index contributed by atoms with van der Waals surface area (Å²) in [4.78, 5) is 11.1. The van der Waals surface area contributed by atoms with E-state index in [-0.39, 0.29) is 0 Å². The number of hydrogen-bond acceptors (Lipinski definition) is 2. The molecule has 0 aliphatic rings. The molecule has 5 heteroatoms. The molecule has 0 spiro atoms. The number of fused-ring (bicyclic) bond motifs is 9. The molecule has 13 rings (SSSR count). The highest BCUT2D eigenvalue weighted by atomic mass is 15.2. The molecule has 4 heterocycles. The van der Waals surface area contributed by atoms with Gasteiger partial charge in [-0.1, -0.05) is 158 Å². The summed E-state index contributed by atoms with van der Waals surface area (Å²) in [6.07, 6.45) is 0. The van der Waals surface area contributed by atoms with Gasteiger partial charge in [0.2, 0.25) is 5.95 Å². The first-order valence-electron chi connectivity index (χ1n) is 21.4. The summed E-state index contributed by atoms with van der Waals surface area (Å²) in [7, 11) is 0. The molecule has 0 radical (unpaired) electrons. The Morgan fingerprint density at radius 2 is 0.841 bits per heavy atom. The van der Waals surface area contributed by atoms with Crippen molar-refractivity contribution in [2.24, 2.45) is 0 Å². The van der Waals surface area contributed by atoms with Gasteiger partial charge in [-0.05, 0) is 94.2 Å². The van der Waals surface area contributed by atoms with Crippen molar-refractivity contribution in [2.45, 2.75) is 0 Å². The predicted octanol–water partition coefficient (Wildman–Crippen LogP) is 14.8. The van der Waals surface area contributed by atoms with Crippen molar-refractivity contribution in [1.82, 2.24) is 23.7 Å². The van der Waals surface area contributed by atoms with Crippen molar-refractivity contribution in [2.75, 3.05) is 0 Å². The number of rotatable bonds is 6. The highest BCUT2D eigenvalue weighted by Crippen LogP contribution is 2.42. The molecule has 63 heavy (non-hydrogen) atoms. The Hall–Kier alpha value is -8.54. The largest absolute Gasteiger partial charge is 0.309 e. The van der Waals surface area contributed by atoms with Gasteiger partial charge in [0, 0.05) is 43.9 Å². The lowest BCUT2D eigenvalue weighted by molar-refractivity contribution is 0.990. The molecule has 0 aliphatic heterocycles. The molecule has 0 unspecified atom stereocenters. The van der Waals surface area contributed by atoms with E-state index in [1.54, 1.807) is 0 Å². The van der Waals surface area contributed by atoms with Gasteiger partial charge in [-0.3, -0.25) is 9.13 Å². The Morgan fingerprint density at radius 1 is 0.302 bits per heavy atom. The summed E-state index contributed by atoms with van der Waals surface area (Å²) < 4.78 is 6.93. The summed E-state index contributed by atoms with van der Waals surface area (Å²) in [5.74, 6) is 0.620. The number of hydrogen-bond donors (Lipinski definition) is 0. The molecule has 0 N–H and O–H groups in total. The van der Waals surface area contributed by atoms with E-state index in [2.05, 4.69) is 238 Å². The van der Waals surface area contributed by atoms with Crippen LogP contribution in [-0.2, 0) is 0 Å². The van der Waals surface area contributed by atoms with Crippen LogP contribution < -0.4 is 0 Å². The maximum absolute atomic E-state index is 5.59. The summed E-state index contributed by atoms with van der Waals surface area (Å²) in [6.45, 7) is 0. The fraction of sp³-hybridized carbons (Fsp3) is 0. The maximum atomic E-state index is 5.59. The Morgan fingerprint density at radius 3 is 1.56 bits per heavy atom. The monoisotopic (exact) mass is 803 g/mol. The first-order chi connectivity index (χ1) is 31.3.